The van der Waals surface area contributed by atoms with Gasteiger partial charge >= 0.3 is 0 Å². The number of carbonyl (C=O) groups excluding carboxylic acids is 1. The molecule has 0 saturated heterocycles. The van der Waals surface area contributed by atoms with E-state index in [0.717, 1.165) is 25.8 Å². The maximum absolute atomic E-state index is 12.6. The molecule has 0 aliphatic heterocycles. The summed E-state index contributed by atoms with van der Waals surface area (Å²) in [7, 11) is 0. The molecule has 0 saturated carbocycles. The van der Waals surface area contributed by atoms with Crippen molar-refractivity contribution in [1.82, 2.24) is 16.0 Å². The van der Waals surface area contributed by atoms with E-state index in [0.29, 0.717) is 39.6 Å². The van der Waals surface area contributed by atoms with E-state index in [-0.39, 0.29) is 41.2 Å². The second-order valence-corrected chi connectivity index (χ2v) is 12.0. The van der Waals surface area contributed by atoms with Crippen LogP contribution in [-0.4, -0.2) is 87.0 Å². The van der Waals surface area contributed by atoms with Crippen LogP contribution in [0.5, 0.6) is 0 Å². The van der Waals surface area contributed by atoms with E-state index in [2.05, 4.69) is 36.7 Å². The number of hydrogen-bond donors (Lipinski definition) is 4. The Hall–Kier alpha value is -0.770. The molecule has 8 nitrogen and oxygen atoms in total. The smallest absolute Gasteiger partial charge is 0.239 e. The monoisotopic (exact) mass is 489 g/mol. The number of rotatable bonds is 18. The molecule has 0 bridgehead atoms. The molecule has 0 rings (SSSR count). The van der Waals surface area contributed by atoms with Crippen molar-refractivity contribution in [3.8, 4) is 0 Å². The van der Waals surface area contributed by atoms with Crippen LogP contribution < -0.4 is 16.0 Å². The lowest BCUT2D eigenvalue weighted by atomic mass is 9.87. The van der Waals surface area contributed by atoms with Crippen LogP contribution in [0.15, 0.2) is 0 Å². The van der Waals surface area contributed by atoms with Gasteiger partial charge < -0.3 is 30.0 Å². The quantitative estimate of drug-likeness (QED) is 0.220. The summed E-state index contributed by atoms with van der Waals surface area (Å²) in [6.07, 6.45) is 2.65. The first-order valence-corrected chi connectivity index (χ1v) is 12.8. The van der Waals surface area contributed by atoms with E-state index in [9.17, 15) is 9.90 Å². The molecule has 0 aromatic rings. The molecule has 1 unspecified atom stereocenters. The predicted molar refractivity (Wildman–Crippen MR) is 139 cm³/mol. The van der Waals surface area contributed by atoms with Gasteiger partial charge in [-0.3, -0.25) is 10.1 Å². The van der Waals surface area contributed by atoms with Gasteiger partial charge in [0.15, 0.2) is 0 Å². The lowest BCUT2D eigenvalue weighted by Crippen LogP contribution is -2.54. The van der Waals surface area contributed by atoms with Crippen molar-refractivity contribution >= 4 is 5.91 Å². The lowest BCUT2D eigenvalue weighted by molar-refractivity contribution is -0.127. The van der Waals surface area contributed by atoms with E-state index in [1.165, 1.54) is 0 Å². The molecular formula is C26H55N3O5. The highest BCUT2D eigenvalue weighted by Gasteiger charge is 2.26. The van der Waals surface area contributed by atoms with E-state index in [4.69, 9.17) is 14.2 Å². The summed E-state index contributed by atoms with van der Waals surface area (Å²) in [6, 6.07) is -0.288. The zero-order valence-electron chi connectivity index (χ0n) is 23.5. The number of carbonyl (C=O) groups is 1. The molecule has 204 valence electrons. The topological polar surface area (TPSA) is 101 Å². The molecule has 34 heavy (non-hydrogen) atoms. The second kappa shape index (κ2) is 16.8. The summed E-state index contributed by atoms with van der Waals surface area (Å²) in [6.45, 7) is 22.8. The third kappa shape index (κ3) is 19.5. The van der Waals surface area contributed by atoms with Crippen molar-refractivity contribution in [1.29, 1.82) is 0 Å². The van der Waals surface area contributed by atoms with Crippen LogP contribution in [0.1, 0.15) is 81.6 Å². The number of nitrogens with one attached hydrogen (secondary N) is 3. The number of hydrogen-bond acceptors (Lipinski definition) is 7. The summed E-state index contributed by atoms with van der Waals surface area (Å²) in [5.74, 6) is -0.0317. The van der Waals surface area contributed by atoms with Crippen molar-refractivity contribution in [2.75, 3.05) is 52.7 Å². The Kier molecular flexibility index (Phi) is 16.4. The fourth-order valence-corrected chi connectivity index (χ4v) is 3.12. The fourth-order valence-electron chi connectivity index (χ4n) is 3.12. The number of ether oxygens (including phenoxy) is 3. The molecule has 1 amide bonds. The standard InChI is InChI=1S/C26H55N3O5/c1-24(2,3)22(19-30)27-14-12-16-33-18-17-32-15-11-10-13-28-23(31)21(29-25(4,5)6)20-34-26(7,8)9/h21-22,27,29-30H,10-20H2,1-9H3,(H,28,31)/t21-,22?/m0/s1. The van der Waals surface area contributed by atoms with Crippen LogP contribution in [0.4, 0.5) is 0 Å². The molecule has 0 aliphatic rings. The average molecular weight is 490 g/mol. The fraction of sp³-hybridized carbons (Fsp3) is 0.962. The second-order valence-electron chi connectivity index (χ2n) is 12.0. The average Bonchev–Trinajstić information content (AvgIpc) is 2.68. The SMILES string of the molecule is CC(C)(C)N[C@@H](COC(C)(C)C)C(=O)NCCCCOCCOCCCNC(CO)C(C)(C)C. The van der Waals surface area contributed by atoms with Crippen molar-refractivity contribution < 1.29 is 24.1 Å². The van der Waals surface area contributed by atoms with Crippen LogP contribution in [0.25, 0.3) is 0 Å². The molecule has 0 aromatic carbocycles. The Morgan fingerprint density at radius 1 is 0.824 bits per heavy atom. The summed E-state index contributed by atoms with van der Waals surface area (Å²) < 4.78 is 17.1. The zero-order chi connectivity index (χ0) is 26.3. The normalized spacial score (nSPS) is 14.8. The predicted octanol–water partition coefficient (Wildman–Crippen LogP) is 2.87. The Labute approximate surface area is 209 Å². The number of unbranched alkanes of at least 4 members (excludes halogenated alkanes) is 1. The molecule has 8 heteroatoms. The maximum atomic E-state index is 12.6. The van der Waals surface area contributed by atoms with E-state index >= 15 is 0 Å². The minimum absolute atomic E-state index is 0.0317. The molecule has 2 atom stereocenters. The van der Waals surface area contributed by atoms with E-state index in [1.807, 2.05) is 41.5 Å². The van der Waals surface area contributed by atoms with Gasteiger partial charge in [-0.15, -0.1) is 0 Å². The molecule has 0 fully saturated rings. The first-order valence-electron chi connectivity index (χ1n) is 12.8. The van der Waals surface area contributed by atoms with Crippen molar-refractivity contribution in [3.63, 3.8) is 0 Å². The van der Waals surface area contributed by atoms with Gasteiger partial charge in [0.1, 0.15) is 6.04 Å². The highest BCUT2D eigenvalue weighted by atomic mass is 16.5. The minimum Gasteiger partial charge on any atom is -0.395 e. The Bertz CT molecular complexity index is 524. The summed E-state index contributed by atoms with van der Waals surface area (Å²) in [5, 5.41) is 19.2. The van der Waals surface area contributed by atoms with E-state index in [1.54, 1.807) is 0 Å². The third-order valence-electron chi connectivity index (χ3n) is 5.08. The Balaban J connectivity index is 3.81. The first kappa shape index (κ1) is 33.2. The number of aliphatic hydroxyl groups excluding tert-OH is 1. The molecule has 0 radical (unpaired) electrons. The van der Waals surface area contributed by atoms with Crippen LogP contribution in [0, 0.1) is 5.41 Å². The molecule has 0 aliphatic carbocycles. The summed E-state index contributed by atoms with van der Waals surface area (Å²) in [5.41, 5.74) is -0.423. The van der Waals surface area contributed by atoms with Crippen LogP contribution in [-0.2, 0) is 19.0 Å². The molecule has 4 N–H and O–H groups in total. The van der Waals surface area contributed by atoms with Gasteiger partial charge in [0, 0.05) is 31.3 Å². The number of aliphatic hydroxyl groups is 1. The van der Waals surface area contributed by atoms with Crippen LogP contribution >= 0.6 is 0 Å². The largest absolute Gasteiger partial charge is 0.395 e. The van der Waals surface area contributed by atoms with Crippen molar-refractivity contribution in [2.24, 2.45) is 5.41 Å². The third-order valence-corrected chi connectivity index (χ3v) is 5.08. The van der Waals surface area contributed by atoms with Crippen LogP contribution in [0.2, 0.25) is 0 Å². The summed E-state index contributed by atoms with van der Waals surface area (Å²) >= 11 is 0. The van der Waals surface area contributed by atoms with Crippen molar-refractivity contribution in [2.45, 2.75) is 105 Å². The number of amides is 1. The Morgan fingerprint density at radius 3 is 1.91 bits per heavy atom. The van der Waals surface area contributed by atoms with Gasteiger partial charge in [0.2, 0.25) is 5.91 Å². The highest BCUT2D eigenvalue weighted by molar-refractivity contribution is 5.82. The van der Waals surface area contributed by atoms with Gasteiger partial charge in [-0.1, -0.05) is 20.8 Å². The van der Waals surface area contributed by atoms with Gasteiger partial charge in [-0.2, -0.15) is 0 Å². The molecule has 0 heterocycles. The highest BCUT2D eigenvalue weighted by Crippen LogP contribution is 2.18. The van der Waals surface area contributed by atoms with Gasteiger partial charge in [0.05, 0.1) is 32.0 Å². The zero-order valence-corrected chi connectivity index (χ0v) is 23.5. The van der Waals surface area contributed by atoms with Gasteiger partial charge in [-0.25, -0.2) is 0 Å². The van der Waals surface area contributed by atoms with Crippen LogP contribution in [0.3, 0.4) is 0 Å². The molecular weight excluding hydrogens is 434 g/mol. The Morgan fingerprint density at radius 2 is 1.41 bits per heavy atom. The summed E-state index contributed by atoms with van der Waals surface area (Å²) in [4.78, 5) is 12.6. The van der Waals surface area contributed by atoms with Crippen molar-refractivity contribution in [3.05, 3.63) is 0 Å². The minimum atomic E-state index is -0.384. The maximum Gasteiger partial charge on any atom is 0.239 e. The molecule has 0 aromatic heterocycles. The van der Waals surface area contributed by atoms with E-state index < -0.39 is 0 Å². The molecule has 0 spiro atoms. The van der Waals surface area contributed by atoms with Gasteiger partial charge in [0.25, 0.3) is 0 Å². The lowest BCUT2D eigenvalue weighted by Gasteiger charge is -2.30. The van der Waals surface area contributed by atoms with Gasteiger partial charge in [-0.05, 0) is 72.8 Å². The first-order chi connectivity index (χ1) is 15.7.